The van der Waals surface area contributed by atoms with E-state index in [1.165, 1.54) is 20.2 Å². The summed E-state index contributed by atoms with van der Waals surface area (Å²) in [4.78, 5) is 6.60. The predicted molar refractivity (Wildman–Crippen MR) is 81.1 cm³/mol. The van der Waals surface area contributed by atoms with Crippen molar-refractivity contribution in [3.8, 4) is 0 Å². The van der Waals surface area contributed by atoms with Gasteiger partial charge in [0.2, 0.25) is 0 Å². The maximum absolute atomic E-state index is 5.70. The van der Waals surface area contributed by atoms with Gasteiger partial charge in [0, 0.05) is 34.3 Å². The Labute approximate surface area is 117 Å². The van der Waals surface area contributed by atoms with Crippen molar-refractivity contribution in [2.45, 2.75) is 33.5 Å². The molecule has 18 heavy (non-hydrogen) atoms. The Hall–Kier alpha value is -0.680. The molecule has 4 heteroatoms. The topological polar surface area (TPSA) is 29.3 Å². The minimum atomic E-state index is 0.655. The third-order valence-electron chi connectivity index (χ3n) is 3.07. The van der Waals surface area contributed by atoms with Crippen molar-refractivity contribution >= 4 is 22.7 Å². The number of rotatable bonds is 6. The van der Waals surface area contributed by atoms with Crippen LogP contribution in [0.25, 0.3) is 0 Å². The molecule has 0 unspecified atom stereocenters. The van der Waals surface area contributed by atoms with Gasteiger partial charge in [-0.2, -0.15) is 0 Å². The Balaban J connectivity index is 2.03. The summed E-state index contributed by atoms with van der Waals surface area (Å²) < 4.78 is 0. The molecule has 0 amide bonds. The van der Waals surface area contributed by atoms with Crippen LogP contribution in [-0.2, 0) is 19.6 Å². The molecule has 2 rings (SSSR count). The summed E-state index contributed by atoms with van der Waals surface area (Å²) in [7, 11) is 0. The van der Waals surface area contributed by atoms with E-state index in [1.807, 2.05) is 22.7 Å². The Kier molecular flexibility index (Phi) is 4.95. The van der Waals surface area contributed by atoms with E-state index in [0.717, 1.165) is 19.6 Å². The summed E-state index contributed by atoms with van der Waals surface area (Å²) in [5.74, 6) is 0. The van der Waals surface area contributed by atoms with Crippen LogP contribution in [0, 0.1) is 6.92 Å². The van der Waals surface area contributed by atoms with Crippen LogP contribution in [0.4, 0.5) is 0 Å². The summed E-state index contributed by atoms with van der Waals surface area (Å²) in [5.41, 5.74) is 7.13. The first-order valence-electron chi connectivity index (χ1n) is 6.26. The van der Waals surface area contributed by atoms with Gasteiger partial charge in [-0.05, 0) is 36.5 Å². The number of hydrogen-bond donors (Lipinski definition) is 1. The Bertz CT molecular complexity index is 474. The predicted octanol–water partition coefficient (Wildman–Crippen LogP) is 3.60. The lowest BCUT2D eigenvalue weighted by molar-refractivity contribution is 0.273. The molecule has 0 atom stereocenters. The second-order valence-corrected chi connectivity index (χ2v) is 6.75. The molecule has 0 aliphatic rings. The highest BCUT2D eigenvalue weighted by Gasteiger charge is 2.10. The van der Waals surface area contributed by atoms with E-state index in [2.05, 4.69) is 42.3 Å². The summed E-state index contributed by atoms with van der Waals surface area (Å²) in [5, 5.41) is 2.14. The Morgan fingerprint density at radius 2 is 2.11 bits per heavy atom. The average Bonchev–Trinajstić information content (AvgIpc) is 2.99. The van der Waals surface area contributed by atoms with Crippen molar-refractivity contribution in [1.82, 2.24) is 4.90 Å². The first-order valence-corrected chi connectivity index (χ1v) is 7.95. The van der Waals surface area contributed by atoms with Crippen molar-refractivity contribution in [3.05, 3.63) is 43.8 Å². The van der Waals surface area contributed by atoms with Gasteiger partial charge in [0.15, 0.2) is 0 Å². The molecular weight excluding hydrogens is 260 g/mol. The van der Waals surface area contributed by atoms with Crippen molar-refractivity contribution in [2.24, 2.45) is 5.73 Å². The van der Waals surface area contributed by atoms with Crippen LogP contribution in [0.2, 0.25) is 0 Å². The van der Waals surface area contributed by atoms with Crippen LogP contribution in [0.1, 0.15) is 27.1 Å². The SMILES string of the molecule is CCN(Cc1cccs1)Cc1cc(CN)sc1C. The van der Waals surface area contributed by atoms with E-state index >= 15 is 0 Å². The highest BCUT2D eigenvalue weighted by molar-refractivity contribution is 7.12. The average molecular weight is 280 g/mol. The molecule has 2 heterocycles. The lowest BCUT2D eigenvalue weighted by Crippen LogP contribution is -2.21. The number of nitrogens with two attached hydrogens (primary N) is 1. The monoisotopic (exact) mass is 280 g/mol. The van der Waals surface area contributed by atoms with E-state index < -0.39 is 0 Å². The minimum Gasteiger partial charge on any atom is -0.326 e. The number of thiophene rings is 2. The molecule has 0 fully saturated rings. The fourth-order valence-electron chi connectivity index (χ4n) is 1.99. The third-order valence-corrected chi connectivity index (χ3v) is 5.05. The zero-order valence-electron chi connectivity index (χ0n) is 11.0. The third kappa shape index (κ3) is 3.42. The molecule has 2 aromatic heterocycles. The molecule has 2 nitrogen and oxygen atoms in total. The van der Waals surface area contributed by atoms with Gasteiger partial charge < -0.3 is 5.73 Å². The van der Waals surface area contributed by atoms with Crippen molar-refractivity contribution < 1.29 is 0 Å². The summed E-state index contributed by atoms with van der Waals surface area (Å²) >= 11 is 3.66. The largest absolute Gasteiger partial charge is 0.326 e. The van der Waals surface area contributed by atoms with Gasteiger partial charge in [-0.15, -0.1) is 22.7 Å². The summed E-state index contributed by atoms with van der Waals surface area (Å²) in [6.07, 6.45) is 0. The van der Waals surface area contributed by atoms with E-state index in [1.54, 1.807) is 0 Å². The van der Waals surface area contributed by atoms with E-state index in [4.69, 9.17) is 5.73 Å². The van der Waals surface area contributed by atoms with Gasteiger partial charge in [0.05, 0.1) is 0 Å². The fourth-order valence-corrected chi connectivity index (χ4v) is 3.67. The molecule has 0 bridgehead atoms. The Morgan fingerprint density at radius 3 is 2.67 bits per heavy atom. The molecule has 0 saturated carbocycles. The van der Waals surface area contributed by atoms with Crippen molar-refractivity contribution in [3.63, 3.8) is 0 Å². The van der Waals surface area contributed by atoms with Crippen LogP contribution in [0.15, 0.2) is 23.6 Å². The molecule has 0 aromatic carbocycles. The second-order valence-electron chi connectivity index (χ2n) is 4.38. The molecule has 0 spiro atoms. The molecular formula is C14H20N2S2. The number of aryl methyl sites for hydroxylation is 1. The summed E-state index contributed by atoms with van der Waals surface area (Å²) in [6, 6.07) is 6.59. The lowest BCUT2D eigenvalue weighted by Gasteiger charge is -2.19. The Morgan fingerprint density at radius 1 is 1.28 bits per heavy atom. The zero-order chi connectivity index (χ0) is 13.0. The highest BCUT2D eigenvalue weighted by atomic mass is 32.1. The molecule has 98 valence electrons. The maximum Gasteiger partial charge on any atom is 0.0331 e. The summed E-state index contributed by atoms with van der Waals surface area (Å²) in [6.45, 7) is 8.21. The molecule has 0 aliphatic carbocycles. The van der Waals surface area contributed by atoms with Crippen molar-refractivity contribution in [1.29, 1.82) is 0 Å². The smallest absolute Gasteiger partial charge is 0.0331 e. The van der Waals surface area contributed by atoms with Crippen LogP contribution >= 0.6 is 22.7 Å². The van der Waals surface area contributed by atoms with Crippen LogP contribution in [-0.4, -0.2) is 11.4 Å². The molecule has 0 saturated heterocycles. The zero-order valence-corrected chi connectivity index (χ0v) is 12.6. The maximum atomic E-state index is 5.70. The first-order chi connectivity index (χ1) is 8.72. The quantitative estimate of drug-likeness (QED) is 0.876. The molecule has 2 N–H and O–H groups in total. The van der Waals surface area contributed by atoms with E-state index in [0.29, 0.717) is 6.54 Å². The minimum absolute atomic E-state index is 0.655. The number of nitrogens with zero attached hydrogens (tertiary/aromatic N) is 1. The van der Waals surface area contributed by atoms with Gasteiger partial charge in [0.25, 0.3) is 0 Å². The van der Waals surface area contributed by atoms with Gasteiger partial charge in [-0.1, -0.05) is 13.0 Å². The second kappa shape index (κ2) is 6.48. The first kappa shape index (κ1) is 13.7. The molecule has 2 aromatic rings. The van der Waals surface area contributed by atoms with Crippen molar-refractivity contribution in [2.75, 3.05) is 6.54 Å². The normalized spacial score (nSPS) is 11.3. The van der Waals surface area contributed by atoms with Crippen LogP contribution < -0.4 is 5.73 Å². The van der Waals surface area contributed by atoms with E-state index in [-0.39, 0.29) is 0 Å². The lowest BCUT2D eigenvalue weighted by atomic mass is 10.2. The molecule has 0 aliphatic heterocycles. The van der Waals surface area contributed by atoms with Crippen LogP contribution in [0.5, 0.6) is 0 Å². The van der Waals surface area contributed by atoms with Gasteiger partial charge in [-0.25, -0.2) is 0 Å². The van der Waals surface area contributed by atoms with E-state index in [9.17, 15) is 0 Å². The molecule has 0 radical (unpaired) electrons. The fraction of sp³-hybridized carbons (Fsp3) is 0.429. The van der Waals surface area contributed by atoms with Gasteiger partial charge >= 0.3 is 0 Å². The van der Waals surface area contributed by atoms with Crippen LogP contribution in [0.3, 0.4) is 0 Å². The van der Waals surface area contributed by atoms with Gasteiger partial charge in [-0.3, -0.25) is 4.90 Å². The van der Waals surface area contributed by atoms with Gasteiger partial charge in [0.1, 0.15) is 0 Å². The highest BCUT2D eigenvalue weighted by Crippen LogP contribution is 2.23. The standard InChI is InChI=1S/C14H20N2S2/c1-3-16(10-13-5-4-6-17-13)9-12-7-14(8-15)18-11(12)2/h4-7H,3,8-10,15H2,1-2H3. The number of hydrogen-bond acceptors (Lipinski definition) is 4.